The Morgan fingerprint density at radius 3 is 2.48 bits per heavy atom. The Kier molecular flexibility index (Phi) is 4.37. The maximum absolute atomic E-state index is 12.4. The highest BCUT2D eigenvalue weighted by atomic mass is 16.5. The zero-order valence-electron chi connectivity index (χ0n) is 11.4. The van der Waals surface area contributed by atoms with Crippen molar-refractivity contribution >= 4 is 17.4 Å². The summed E-state index contributed by atoms with van der Waals surface area (Å²) in [7, 11) is 1.25. The Labute approximate surface area is 122 Å². The molecule has 2 aromatic carbocycles. The standard InChI is InChI=1S/C17H13NO3/c1-21-16(19)10-8-12-7-9-15(18)14(11-12)17(20)13-5-3-2-4-6-13/h2-7,9,11H,18H2,1H3. The Morgan fingerprint density at radius 2 is 1.81 bits per heavy atom. The predicted octanol–water partition coefficient (Wildman–Crippen LogP) is 2.02. The molecule has 0 spiro atoms. The molecule has 0 aliphatic rings. The highest BCUT2D eigenvalue weighted by molar-refractivity contribution is 6.12. The van der Waals surface area contributed by atoms with Crippen LogP contribution in [-0.2, 0) is 9.53 Å². The summed E-state index contributed by atoms with van der Waals surface area (Å²) in [6.07, 6.45) is 0. The topological polar surface area (TPSA) is 69.4 Å². The number of hydrogen-bond acceptors (Lipinski definition) is 4. The summed E-state index contributed by atoms with van der Waals surface area (Å²) in [4.78, 5) is 23.4. The molecule has 0 aliphatic carbocycles. The van der Waals surface area contributed by atoms with E-state index in [0.29, 0.717) is 22.4 Å². The van der Waals surface area contributed by atoms with Crippen LogP contribution in [0, 0.1) is 11.8 Å². The molecule has 0 unspecified atom stereocenters. The third-order valence-corrected chi connectivity index (χ3v) is 2.83. The summed E-state index contributed by atoms with van der Waals surface area (Å²) < 4.78 is 4.44. The molecule has 2 rings (SSSR count). The quantitative estimate of drug-likeness (QED) is 0.395. The van der Waals surface area contributed by atoms with Gasteiger partial charge in [0, 0.05) is 28.3 Å². The number of benzene rings is 2. The molecule has 0 fully saturated rings. The molecule has 0 atom stereocenters. The fourth-order valence-corrected chi connectivity index (χ4v) is 1.75. The lowest BCUT2D eigenvalue weighted by Gasteiger charge is -2.05. The highest BCUT2D eigenvalue weighted by Crippen LogP contribution is 2.18. The summed E-state index contributed by atoms with van der Waals surface area (Å²) in [5.41, 5.74) is 7.64. The van der Waals surface area contributed by atoms with Crippen molar-refractivity contribution in [2.24, 2.45) is 0 Å². The Morgan fingerprint density at radius 1 is 1.10 bits per heavy atom. The molecule has 0 radical (unpaired) electrons. The van der Waals surface area contributed by atoms with Gasteiger partial charge in [-0.2, -0.15) is 0 Å². The molecule has 4 heteroatoms. The second kappa shape index (κ2) is 6.40. The normalized spacial score (nSPS) is 9.38. The van der Waals surface area contributed by atoms with Crippen LogP contribution < -0.4 is 5.73 Å². The van der Waals surface area contributed by atoms with E-state index in [1.54, 1.807) is 42.5 Å². The third kappa shape index (κ3) is 3.48. The van der Waals surface area contributed by atoms with E-state index in [9.17, 15) is 9.59 Å². The Balaban J connectivity index is 2.37. The van der Waals surface area contributed by atoms with Crippen molar-refractivity contribution in [2.75, 3.05) is 12.8 Å². The van der Waals surface area contributed by atoms with E-state index in [1.807, 2.05) is 6.07 Å². The van der Waals surface area contributed by atoms with Gasteiger partial charge < -0.3 is 10.5 Å². The van der Waals surface area contributed by atoms with Gasteiger partial charge in [0.05, 0.1) is 7.11 Å². The molecule has 4 nitrogen and oxygen atoms in total. The number of esters is 1. The number of carbonyl (C=O) groups excluding carboxylic acids is 2. The van der Waals surface area contributed by atoms with Gasteiger partial charge >= 0.3 is 5.97 Å². The monoisotopic (exact) mass is 279 g/mol. The van der Waals surface area contributed by atoms with Crippen molar-refractivity contribution in [1.29, 1.82) is 0 Å². The molecule has 0 aromatic heterocycles. The second-order valence-corrected chi connectivity index (χ2v) is 4.24. The Hall–Kier alpha value is -3.06. The third-order valence-electron chi connectivity index (χ3n) is 2.83. The van der Waals surface area contributed by atoms with Crippen molar-refractivity contribution < 1.29 is 14.3 Å². The van der Waals surface area contributed by atoms with Gasteiger partial charge in [-0.05, 0) is 18.2 Å². The summed E-state index contributed by atoms with van der Waals surface area (Å²) in [6, 6.07) is 13.6. The summed E-state index contributed by atoms with van der Waals surface area (Å²) >= 11 is 0. The lowest BCUT2D eigenvalue weighted by Crippen LogP contribution is -2.05. The number of rotatable bonds is 2. The zero-order valence-corrected chi connectivity index (χ0v) is 11.4. The molecule has 0 aliphatic heterocycles. The number of anilines is 1. The lowest BCUT2D eigenvalue weighted by molar-refractivity contribution is -0.133. The van der Waals surface area contributed by atoms with Crippen LogP contribution >= 0.6 is 0 Å². The molecule has 0 bridgehead atoms. The van der Waals surface area contributed by atoms with Crippen molar-refractivity contribution in [1.82, 2.24) is 0 Å². The van der Waals surface area contributed by atoms with Gasteiger partial charge in [0.1, 0.15) is 0 Å². The van der Waals surface area contributed by atoms with E-state index < -0.39 is 5.97 Å². The van der Waals surface area contributed by atoms with Crippen molar-refractivity contribution in [3.8, 4) is 11.8 Å². The summed E-state index contributed by atoms with van der Waals surface area (Å²) in [5, 5.41) is 0. The van der Waals surface area contributed by atoms with E-state index in [0.717, 1.165) is 0 Å². The number of ether oxygens (including phenoxy) is 1. The number of methoxy groups -OCH3 is 1. The largest absolute Gasteiger partial charge is 0.459 e. The van der Waals surface area contributed by atoms with Gasteiger partial charge in [0.25, 0.3) is 0 Å². The van der Waals surface area contributed by atoms with Crippen LogP contribution in [0.4, 0.5) is 5.69 Å². The SMILES string of the molecule is COC(=O)C#Cc1ccc(N)c(C(=O)c2ccccc2)c1. The minimum atomic E-state index is -0.636. The second-order valence-electron chi connectivity index (χ2n) is 4.24. The van der Waals surface area contributed by atoms with Gasteiger partial charge in [-0.15, -0.1) is 0 Å². The summed E-state index contributed by atoms with van der Waals surface area (Å²) in [6.45, 7) is 0. The number of nitrogen functional groups attached to an aromatic ring is 1. The first-order valence-corrected chi connectivity index (χ1v) is 6.21. The van der Waals surface area contributed by atoms with E-state index in [4.69, 9.17) is 5.73 Å². The van der Waals surface area contributed by atoms with E-state index in [1.165, 1.54) is 7.11 Å². The van der Waals surface area contributed by atoms with Crippen LogP contribution in [0.5, 0.6) is 0 Å². The molecule has 0 heterocycles. The minimum absolute atomic E-state index is 0.185. The summed E-state index contributed by atoms with van der Waals surface area (Å²) in [5.74, 6) is 4.13. The molecule has 0 amide bonds. The van der Waals surface area contributed by atoms with E-state index in [-0.39, 0.29) is 5.78 Å². The van der Waals surface area contributed by atoms with Gasteiger partial charge in [0.15, 0.2) is 5.78 Å². The molecule has 2 aromatic rings. The first-order chi connectivity index (χ1) is 10.1. The van der Waals surface area contributed by atoms with Crippen molar-refractivity contribution in [3.63, 3.8) is 0 Å². The van der Waals surface area contributed by atoms with Gasteiger partial charge in [-0.25, -0.2) is 4.79 Å². The number of ketones is 1. The van der Waals surface area contributed by atoms with Gasteiger partial charge in [-0.3, -0.25) is 4.79 Å². The van der Waals surface area contributed by atoms with Crippen LogP contribution in [0.3, 0.4) is 0 Å². The minimum Gasteiger partial charge on any atom is -0.459 e. The molecule has 104 valence electrons. The molecular weight excluding hydrogens is 266 g/mol. The van der Waals surface area contributed by atoms with Crippen LogP contribution in [-0.4, -0.2) is 18.9 Å². The molecular formula is C17H13NO3. The van der Waals surface area contributed by atoms with E-state index >= 15 is 0 Å². The van der Waals surface area contributed by atoms with Crippen molar-refractivity contribution in [2.45, 2.75) is 0 Å². The molecule has 0 saturated carbocycles. The van der Waals surface area contributed by atoms with Crippen LogP contribution in [0.15, 0.2) is 48.5 Å². The molecule has 21 heavy (non-hydrogen) atoms. The smallest absolute Gasteiger partial charge is 0.384 e. The average Bonchev–Trinajstić information content (AvgIpc) is 2.54. The predicted molar refractivity (Wildman–Crippen MR) is 79.6 cm³/mol. The van der Waals surface area contributed by atoms with Crippen LogP contribution in [0.25, 0.3) is 0 Å². The first-order valence-electron chi connectivity index (χ1n) is 6.21. The van der Waals surface area contributed by atoms with Crippen molar-refractivity contribution in [3.05, 3.63) is 65.2 Å². The van der Waals surface area contributed by atoms with Crippen LogP contribution in [0.1, 0.15) is 21.5 Å². The molecule has 0 saturated heterocycles. The zero-order chi connectivity index (χ0) is 15.2. The van der Waals surface area contributed by atoms with E-state index in [2.05, 4.69) is 16.6 Å². The molecule has 2 N–H and O–H groups in total. The highest BCUT2D eigenvalue weighted by Gasteiger charge is 2.12. The maximum Gasteiger partial charge on any atom is 0.384 e. The first kappa shape index (κ1) is 14.4. The lowest BCUT2D eigenvalue weighted by atomic mass is 10.00. The Bertz CT molecular complexity index is 740. The average molecular weight is 279 g/mol. The van der Waals surface area contributed by atoms with Crippen LogP contribution in [0.2, 0.25) is 0 Å². The number of hydrogen-bond donors (Lipinski definition) is 1. The van der Waals surface area contributed by atoms with Gasteiger partial charge in [0.2, 0.25) is 0 Å². The number of nitrogens with two attached hydrogens (primary N) is 1. The van der Waals surface area contributed by atoms with Gasteiger partial charge in [-0.1, -0.05) is 36.3 Å². The maximum atomic E-state index is 12.4. The fourth-order valence-electron chi connectivity index (χ4n) is 1.75. The number of carbonyl (C=O) groups is 2. The fraction of sp³-hybridized carbons (Fsp3) is 0.0588.